The molecule has 25 heavy (non-hydrogen) atoms. The predicted octanol–water partition coefficient (Wildman–Crippen LogP) is 2.41. The fourth-order valence-electron chi connectivity index (χ4n) is 2.91. The van der Waals surface area contributed by atoms with E-state index in [4.69, 9.17) is 4.74 Å². The van der Waals surface area contributed by atoms with Gasteiger partial charge < -0.3 is 10.1 Å². The average molecular weight is 368 g/mol. The van der Waals surface area contributed by atoms with Crippen LogP contribution in [0.15, 0.2) is 29.2 Å². The van der Waals surface area contributed by atoms with Crippen LogP contribution in [0.2, 0.25) is 0 Å². The molecule has 1 aromatic carbocycles. The number of hydrogen-bond donors (Lipinski definition) is 1. The second-order valence-corrected chi connectivity index (χ2v) is 8.71. The Morgan fingerprint density at radius 3 is 2.52 bits per heavy atom. The molecule has 1 N–H and O–H groups in total. The standard InChI is InChI=1S/C18H28N2O4S/c1-20(2)25(22,23)17-11-7-8-15(14-17)18(21)19-12-13-24-16-9-5-3-4-6-10-16/h7-8,11,14,16H,3-6,9-10,12-13H2,1-2H3,(H,19,21). The largest absolute Gasteiger partial charge is 0.376 e. The van der Waals surface area contributed by atoms with Crippen molar-refractivity contribution in [2.75, 3.05) is 27.2 Å². The van der Waals surface area contributed by atoms with Gasteiger partial charge in [-0.3, -0.25) is 4.79 Å². The van der Waals surface area contributed by atoms with Gasteiger partial charge in [-0.05, 0) is 31.0 Å². The summed E-state index contributed by atoms with van der Waals surface area (Å²) in [5, 5.41) is 2.79. The molecule has 1 amide bonds. The van der Waals surface area contributed by atoms with Crippen molar-refractivity contribution >= 4 is 15.9 Å². The lowest BCUT2D eigenvalue weighted by Crippen LogP contribution is -2.29. The lowest BCUT2D eigenvalue weighted by molar-refractivity contribution is 0.0442. The molecule has 0 bridgehead atoms. The van der Waals surface area contributed by atoms with Crippen molar-refractivity contribution in [3.8, 4) is 0 Å². The maximum atomic E-state index is 12.2. The van der Waals surface area contributed by atoms with Crippen molar-refractivity contribution in [1.82, 2.24) is 9.62 Å². The highest BCUT2D eigenvalue weighted by molar-refractivity contribution is 7.89. The number of nitrogens with one attached hydrogen (secondary N) is 1. The van der Waals surface area contributed by atoms with E-state index in [9.17, 15) is 13.2 Å². The lowest BCUT2D eigenvalue weighted by Gasteiger charge is -2.15. The number of hydrogen-bond acceptors (Lipinski definition) is 4. The first-order valence-electron chi connectivity index (χ1n) is 8.83. The number of amides is 1. The molecule has 1 aromatic rings. The third-order valence-corrected chi connectivity index (χ3v) is 6.23. The zero-order valence-corrected chi connectivity index (χ0v) is 15.8. The van der Waals surface area contributed by atoms with Crippen molar-refractivity contribution in [3.05, 3.63) is 29.8 Å². The third-order valence-electron chi connectivity index (χ3n) is 4.42. The molecule has 0 spiro atoms. The molecule has 0 aromatic heterocycles. The minimum absolute atomic E-state index is 0.111. The normalized spacial score (nSPS) is 16.6. The summed E-state index contributed by atoms with van der Waals surface area (Å²) in [4.78, 5) is 12.3. The molecule has 1 fully saturated rings. The summed E-state index contributed by atoms with van der Waals surface area (Å²) in [6.07, 6.45) is 7.48. The Morgan fingerprint density at radius 1 is 1.20 bits per heavy atom. The van der Waals surface area contributed by atoms with Gasteiger partial charge in [0.05, 0.1) is 17.6 Å². The molecule has 7 heteroatoms. The SMILES string of the molecule is CN(C)S(=O)(=O)c1cccc(C(=O)NCCOC2CCCCCC2)c1. The van der Waals surface area contributed by atoms with E-state index in [1.54, 1.807) is 12.1 Å². The first-order chi connectivity index (χ1) is 11.9. The van der Waals surface area contributed by atoms with Crippen LogP contribution >= 0.6 is 0 Å². The highest BCUT2D eigenvalue weighted by atomic mass is 32.2. The number of rotatable bonds is 7. The van der Waals surface area contributed by atoms with E-state index < -0.39 is 10.0 Å². The average Bonchev–Trinajstić information content (AvgIpc) is 2.87. The van der Waals surface area contributed by atoms with Crippen molar-refractivity contribution in [3.63, 3.8) is 0 Å². The van der Waals surface area contributed by atoms with Gasteiger partial charge in [0.25, 0.3) is 5.91 Å². The number of carbonyl (C=O) groups excluding carboxylic acids is 1. The van der Waals surface area contributed by atoms with Crippen molar-refractivity contribution in [2.45, 2.75) is 49.5 Å². The van der Waals surface area contributed by atoms with Gasteiger partial charge in [-0.1, -0.05) is 31.7 Å². The predicted molar refractivity (Wildman–Crippen MR) is 97.1 cm³/mol. The van der Waals surface area contributed by atoms with Crippen LogP contribution in [-0.4, -0.2) is 52.0 Å². The van der Waals surface area contributed by atoms with Gasteiger partial charge in [-0.25, -0.2) is 12.7 Å². The van der Waals surface area contributed by atoms with Crippen LogP contribution in [0.5, 0.6) is 0 Å². The molecule has 0 heterocycles. The fourth-order valence-corrected chi connectivity index (χ4v) is 3.86. The first-order valence-corrected chi connectivity index (χ1v) is 10.3. The van der Waals surface area contributed by atoms with Gasteiger partial charge in [0.2, 0.25) is 10.0 Å². The Labute approximate surface area is 150 Å². The summed E-state index contributed by atoms with van der Waals surface area (Å²) in [6.45, 7) is 0.895. The number of nitrogens with zero attached hydrogens (tertiary/aromatic N) is 1. The van der Waals surface area contributed by atoms with Crippen LogP contribution in [-0.2, 0) is 14.8 Å². The Morgan fingerprint density at radius 2 is 1.88 bits per heavy atom. The molecule has 0 aliphatic heterocycles. The Balaban J connectivity index is 1.84. The molecule has 0 atom stereocenters. The van der Waals surface area contributed by atoms with Gasteiger partial charge in [-0.2, -0.15) is 0 Å². The molecule has 140 valence electrons. The van der Waals surface area contributed by atoms with Gasteiger partial charge >= 0.3 is 0 Å². The van der Waals surface area contributed by atoms with Gasteiger partial charge in [-0.15, -0.1) is 0 Å². The van der Waals surface area contributed by atoms with Crippen molar-refractivity contribution < 1.29 is 17.9 Å². The maximum Gasteiger partial charge on any atom is 0.251 e. The minimum Gasteiger partial charge on any atom is -0.376 e. The molecule has 0 radical (unpaired) electrons. The molecule has 1 saturated carbocycles. The van der Waals surface area contributed by atoms with E-state index in [1.807, 2.05) is 0 Å². The Hall–Kier alpha value is -1.44. The number of ether oxygens (including phenoxy) is 1. The van der Waals surface area contributed by atoms with Crippen LogP contribution in [0.25, 0.3) is 0 Å². The highest BCUT2D eigenvalue weighted by Gasteiger charge is 2.18. The smallest absolute Gasteiger partial charge is 0.251 e. The van der Waals surface area contributed by atoms with E-state index in [1.165, 1.54) is 51.9 Å². The zero-order valence-electron chi connectivity index (χ0n) is 15.0. The van der Waals surface area contributed by atoms with Gasteiger partial charge in [0.15, 0.2) is 0 Å². The van der Waals surface area contributed by atoms with Crippen LogP contribution in [0, 0.1) is 0 Å². The number of sulfonamides is 1. The van der Waals surface area contributed by atoms with E-state index in [2.05, 4.69) is 5.32 Å². The summed E-state index contributed by atoms with van der Waals surface area (Å²) >= 11 is 0. The fraction of sp³-hybridized carbons (Fsp3) is 0.611. The van der Waals surface area contributed by atoms with Crippen LogP contribution < -0.4 is 5.32 Å². The summed E-state index contributed by atoms with van der Waals surface area (Å²) < 4.78 is 31.3. The van der Waals surface area contributed by atoms with E-state index in [-0.39, 0.29) is 10.8 Å². The van der Waals surface area contributed by atoms with Crippen molar-refractivity contribution in [2.24, 2.45) is 0 Å². The summed E-state index contributed by atoms with van der Waals surface area (Å²) in [5.74, 6) is -0.291. The maximum absolute atomic E-state index is 12.2. The summed E-state index contributed by atoms with van der Waals surface area (Å²) in [7, 11) is -0.617. The molecule has 0 saturated heterocycles. The van der Waals surface area contributed by atoms with E-state index >= 15 is 0 Å². The Kier molecular flexibility index (Phi) is 7.40. The van der Waals surface area contributed by atoms with Gasteiger partial charge in [0.1, 0.15) is 0 Å². The second kappa shape index (κ2) is 9.31. The minimum atomic E-state index is -3.55. The van der Waals surface area contributed by atoms with Crippen LogP contribution in [0.1, 0.15) is 48.9 Å². The van der Waals surface area contributed by atoms with Crippen LogP contribution in [0.3, 0.4) is 0 Å². The first kappa shape index (κ1) is 19.9. The van der Waals surface area contributed by atoms with Gasteiger partial charge in [0, 0.05) is 26.2 Å². The second-order valence-electron chi connectivity index (χ2n) is 6.56. The van der Waals surface area contributed by atoms with Crippen LogP contribution in [0.4, 0.5) is 0 Å². The molecule has 6 nitrogen and oxygen atoms in total. The highest BCUT2D eigenvalue weighted by Crippen LogP contribution is 2.19. The molecule has 2 rings (SSSR count). The number of carbonyl (C=O) groups is 1. The monoisotopic (exact) mass is 368 g/mol. The van der Waals surface area contributed by atoms with E-state index in [0.717, 1.165) is 17.1 Å². The third kappa shape index (κ3) is 5.80. The zero-order chi connectivity index (χ0) is 18.3. The lowest BCUT2D eigenvalue weighted by atomic mass is 10.1. The topological polar surface area (TPSA) is 75.7 Å². The summed E-state index contributed by atoms with van der Waals surface area (Å²) in [6, 6.07) is 6.07. The quantitative estimate of drug-likeness (QED) is 0.592. The Bertz CT molecular complexity index is 665. The molecule has 0 unspecified atom stereocenters. The number of benzene rings is 1. The van der Waals surface area contributed by atoms with E-state index in [0.29, 0.717) is 24.8 Å². The van der Waals surface area contributed by atoms with Crippen molar-refractivity contribution in [1.29, 1.82) is 0 Å². The molecular weight excluding hydrogens is 340 g/mol. The summed E-state index contributed by atoms with van der Waals surface area (Å²) in [5.41, 5.74) is 0.331. The molecule has 1 aliphatic rings. The molecular formula is C18H28N2O4S. The molecule has 1 aliphatic carbocycles.